The number of anilines is 1. The number of hydrogen-bond acceptors (Lipinski definition) is 5. The van der Waals surface area contributed by atoms with Crippen LogP contribution in [0.1, 0.15) is 13.3 Å². The molecule has 0 aromatic carbocycles. The van der Waals surface area contributed by atoms with Gasteiger partial charge < -0.3 is 10.4 Å². The van der Waals surface area contributed by atoms with Gasteiger partial charge in [0.05, 0.1) is 11.5 Å². The highest BCUT2D eigenvalue weighted by molar-refractivity contribution is 7.16. The lowest BCUT2D eigenvalue weighted by Gasteiger charge is -2.08. The number of rotatable bonds is 4. The summed E-state index contributed by atoms with van der Waals surface area (Å²) in [5.74, 6) is 0.733. The van der Waals surface area contributed by atoms with Crippen LogP contribution in [0.25, 0.3) is 10.2 Å². The molecule has 0 aliphatic carbocycles. The van der Waals surface area contributed by atoms with Gasteiger partial charge in [-0.1, -0.05) is 0 Å². The van der Waals surface area contributed by atoms with E-state index in [0.29, 0.717) is 13.0 Å². The smallest absolute Gasteiger partial charge is 0.225 e. The molecule has 6 heteroatoms. The molecule has 0 aliphatic heterocycles. The van der Waals surface area contributed by atoms with Crippen molar-refractivity contribution in [1.82, 2.24) is 9.97 Å². The summed E-state index contributed by atoms with van der Waals surface area (Å²) in [6.45, 7) is 2.42. The van der Waals surface area contributed by atoms with E-state index in [4.69, 9.17) is 16.7 Å². The number of halogens is 1. The maximum Gasteiger partial charge on any atom is 0.225 e. The number of aliphatic hydroxyl groups is 1. The Bertz CT molecular complexity index is 486. The summed E-state index contributed by atoms with van der Waals surface area (Å²) < 4.78 is 0. The van der Waals surface area contributed by atoms with Crippen LogP contribution in [0.4, 0.5) is 5.82 Å². The topological polar surface area (TPSA) is 58.0 Å². The van der Waals surface area contributed by atoms with Gasteiger partial charge in [-0.15, -0.1) is 11.3 Å². The van der Waals surface area contributed by atoms with Crippen molar-refractivity contribution in [3.63, 3.8) is 0 Å². The molecular formula is C10H12ClN3OS. The highest BCUT2D eigenvalue weighted by Gasteiger charge is 2.07. The van der Waals surface area contributed by atoms with E-state index < -0.39 is 0 Å². The number of hydrogen-bond donors (Lipinski definition) is 2. The number of nitrogens with zero attached hydrogens (tertiary/aromatic N) is 2. The molecule has 2 rings (SSSR count). The van der Waals surface area contributed by atoms with Crippen molar-refractivity contribution in [1.29, 1.82) is 0 Å². The monoisotopic (exact) mass is 257 g/mol. The second-order valence-electron chi connectivity index (χ2n) is 3.55. The second-order valence-corrected chi connectivity index (χ2v) is 4.78. The first-order chi connectivity index (χ1) is 7.66. The highest BCUT2D eigenvalue weighted by atomic mass is 35.5. The first-order valence-corrected chi connectivity index (χ1v) is 6.25. The quantitative estimate of drug-likeness (QED) is 0.827. The maximum atomic E-state index is 9.16. The first-order valence-electron chi connectivity index (χ1n) is 4.99. The van der Waals surface area contributed by atoms with Gasteiger partial charge in [0.2, 0.25) is 5.28 Å². The zero-order valence-electron chi connectivity index (χ0n) is 8.77. The lowest BCUT2D eigenvalue weighted by molar-refractivity contribution is 0.188. The van der Waals surface area contributed by atoms with Crippen LogP contribution in [0.5, 0.6) is 0 Å². The van der Waals surface area contributed by atoms with E-state index in [1.807, 2.05) is 11.4 Å². The van der Waals surface area contributed by atoms with Gasteiger partial charge in [0.15, 0.2) is 0 Å². The molecule has 2 N–H and O–H groups in total. The van der Waals surface area contributed by atoms with Crippen LogP contribution in [0.2, 0.25) is 5.28 Å². The normalized spacial score (nSPS) is 12.9. The van der Waals surface area contributed by atoms with Gasteiger partial charge in [0.1, 0.15) is 10.6 Å². The fourth-order valence-corrected chi connectivity index (χ4v) is 2.35. The maximum absolute atomic E-state index is 9.16. The minimum absolute atomic E-state index is 0.245. The van der Waals surface area contributed by atoms with Gasteiger partial charge in [0.25, 0.3) is 0 Å². The third kappa shape index (κ3) is 2.61. The summed E-state index contributed by atoms with van der Waals surface area (Å²) in [6, 6.07) is 1.96. The summed E-state index contributed by atoms with van der Waals surface area (Å²) in [5, 5.41) is 15.5. The van der Waals surface area contributed by atoms with E-state index in [9.17, 15) is 0 Å². The third-order valence-corrected chi connectivity index (χ3v) is 3.13. The van der Waals surface area contributed by atoms with Gasteiger partial charge in [0, 0.05) is 6.54 Å². The zero-order chi connectivity index (χ0) is 11.5. The average molecular weight is 258 g/mol. The van der Waals surface area contributed by atoms with Gasteiger partial charge in [-0.2, -0.15) is 0 Å². The molecule has 0 radical (unpaired) electrons. The molecule has 16 heavy (non-hydrogen) atoms. The van der Waals surface area contributed by atoms with Crippen molar-refractivity contribution in [2.75, 3.05) is 11.9 Å². The van der Waals surface area contributed by atoms with Crippen molar-refractivity contribution in [2.24, 2.45) is 0 Å². The molecule has 1 atom stereocenters. The van der Waals surface area contributed by atoms with Crippen LogP contribution in [-0.2, 0) is 0 Å². The van der Waals surface area contributed by atoms with Crippen molar-refractivity contribution in [3.05, 3.63) is 16.7 Å². The van der Waals surface area contributed by atoms with Gasteiger partial charge >= 0.3 is 0 Å². The Morgan fingerprint density at radius 3 is 3.12 bits per heavy atom. The lowest BCUT2D eigenvalue weighted by atomic mass is 10.3. The summed E-state index contributed by atoms with van der Waals surface area (Å²) in [5.41, 5.74) is 0. The fraction of sp³-hybridized carbons (Fsp3) is 0.400. The Hall–Kier alpha value is -0.910. The molecule has 0 aliphatic rings. The first kappa shape index (κ1) is 11.6. The molecule has 0 fully saturated rings. The van der Waals surface area contributed by atoms with Gasteiger partial charge in [-0.25, -0.2) is 9.97 Å². The Kier molecular flexibility index (Phi) is 3.58. The van der Waals surface area contributed by atoms with E-state index >= 15 is 0 Å². The number of fused-ring (bicyclic) bond motifs is 1. The number of nitrogens with one attached hydrogen (secondary N) is 1. The Balaban J connectivity index is 2.19. The summed E-state index contributed by atoms with van der Waals surface area (Å²) in [7, 11) is 0. The molecule has 2 heterocycles. The molecule has 4 nitrogen and oxygen atoms in total. The molecule has 0 amide bonds. The second kappa shape index (κ2) is 4.95. The van der Waals surface area contributed by atoms with Gasteiger partial charge in [-0.3, -0.25) is 0 Å². The minimum atomic E-state index is -0.317. The SMILES string of the molecule is CC(O)CCNc1nc(Cl)nc2sccc12. The molecule has 0 saturated carbocycles. The number of thiophene rings is 1. The number of aromatic nitrogens is 2. The Morgan fingerprint density at radius 1 is 1.56 bits per heavy atom. The van der Waals surface area contributed by atoms with Crippen LogP contribution in [0.15, 0.2) is 11.4 Å². The fourth-order valence-electron chi connectivity index (χ4n) is 1.36. The predicted molar refractivity (Wildman–Crippen MR) is 67.2 cm³/mol. The van der Waals surface area contributed by atoms with Crippen molar-refractivity contribution in [3.8, 4) is 0 Å². The summed E-state index contributed by atoms with van der Waals surface area (Å²) in [4.78, 5) is 9.14. The zero-order valence-corrected chi connectivity index (χ0v) is 10.3. The van der Waals surface area contributed by atoms with Crippen LogP contribution in [0.3, 0.4) is 0 Å². The molecule has 86 valence electrons. The van der Waals surface area contributed by atoms with E-state index in [0.717, 1.165) is 16.0 Å². The summed E-state index contributed by atoms with van der Waals surface area (Å²) in [6.07, 6.45) is 0.357. The molecule has 0 saturated heterocycles. The largest absolute Gasteiger partial charge is 0.393 e. The van der Waals surface area contributed by atoms with Gasteiger partial charge in [-0.05, 0) is 36.4 Å². The standard InChI is InChI=1S/C10H12ClN3OS/c1-6(15)2-4-12-8-7-3-5-16-9(7)14-10(11)13-8/h3,5-6,15H,2,4H2,1H3,(H,12,13,14). The summed E-state index contributed by atoms with van der Waals surface area (Å²) >= 11 is 7.35. The van der Waals surface area contributed by atoms with Crippen molar-refractivity contribution >= 4 is 39.0 Å². The highest BCUT2D eigenvalue weighted by Crippen LogP contribution is 2.26. The minimum Gasteiger partial charge on any atom is -0.393 e. The molecule has 0 spiro atoms. The van der Waals surface area contributed by atoms with Crippen LogP contribution >= 0.6 is 22.9 Å². The third-order valence-electron chi connectivity index (χ3n) is 2.15. The van der Waals surface area contributed by atoms with E-state index in [1.165, 1.54) is 11.3 Å². The van der Waals surface area contributed by atoms with E-state index in [1.54, 1.807) is 6.92 Å². The number of aliphatic hydroxyl groups excluding tert-OH is 1. The molecule has 2 aromatic rings. The van der Waals surface area contributed by atoms with Crippen LogP contribution < -0.4 is 5.32 Å². The lowest BCUT2D eigenvalue weighted by Crippen LogP contribution is -2.10. The molecule has 1 unspecified atom stereocenters. The predicted octanol–water partition coefficient (Wildman–Crippen LogP) is 2.53. The average Bonchev–Trinajstić information content (AvgIpc) is 2.64. The Morgan fingerprint density at radius 2 is 2.38 bits per heavy atom. The van der Waals surface area contributed by atoms with Crippen LogP contribution in [0, 0.1) is 0 Å². The molecule has 2 aromatic heterocycles. The molecule has 0 bridgehead atoms. The molecular weight excluding hydrogens is 246 g/mol. The van der Waals surface area contributed by atoms with E-state index in [-0.39, 0.29) is 11.4 Å². The van der Waals surface area contributed by atoms with E-state index in [2.05, 4.69) is 15.3 Å². The van der Waals surface area contributed by atoms with Crippen molar-refractivity contribution in [2.45, 2.75) is 19.4 Å². The Labute approximate surface area is 102 Å². The van der Waals surface area contributed by atoms with Crippen molar-refractivity contribution < 1.29 is 5.11 Å². The van der Waals surface area contributed by atoms with Crippen LogP contribution in [-0.4, -0.2) is 27.7 Å².